The first-order chi connectivity index (χ1) is 18.2. The summed E-state index contributed by atoms with van der Waals surface area (Å²) in [5.74, 6) is 2.12. The fraction of sp³-hybridized carbons (Fsp3) is 0.829. The van der Waals surface area contributed by atoms with Gasteiger partial charge >= 0.3 is 0 Å². The monoisotopic (exact) mass is 533 g/mol. The Hall–Kier alpha value is -1.42. The van der Waals surface area contributed by atoms with Gasteiger partial charge in [-0.2, -0.15) is 0 Å². The Morgan fingerprint density at radius 3 is 2.46 bits per heavy atom. The fourth-order valence-corrected chi connectivity index (χ4v) is 12.2. The van der Waals surface area contributed by atoms with Gasteiger partial charge in [-0.05, 0) is 86.0 Å². The summed E-state index contributed by atoms with van der Waals surface area (Å²) >= 11 is 0. The number of carbonyl (C=O) groups excluding carboxylic acids is 1. The smallest absolute Gasteiger partial charge is 0.188 e. The zero-order chi connectivity index (χ0) is 27.9. The van der Waals surface area contributed by atoms with E-state index in [9.17, 15) is 0 Å². The van der Waals surface area contributed by atoms with E-state index in [1.807, 2.05) is 6.20 Å². The second kappa shape index (κ2) is 7.69. The van der Waals surface area contributed by atoms with Crippen molar-refractivity contribution in [3.63, 3.8) is 0 Å². The molecule has 5 aliphatic carbocycles. The molecular formula is C35H51NO3. The van der Waals surface area contributed by atoms with Crippen LogP contribution in [0, 0.1) is 38.9 Å². The van der Waals surface area contributed by atoms with Crippen LogP contribution >= 0.6 is 0 Å². The van der Waals surface area contributed by atoms with Crippen molar-refractivity contribution in [3.8, 4) is 0 Å². The van der Waals surface area contributed by atoms with E-state index in [0.717, 1.165) is 44.3 Å². The Labute approximate surface area is 236 Å². The second-order valence-corrected chi connectivity index (χ2v) is 16.8. The Balaban J connectivity index is 1.41. The Morgan fingerprint density at radius 1 is 0.974 bits per heavy atom. The molecule has 4 nitrogen and oxygen atoms in total. The third-order valence-electron chi connectivity index (χ3n) is 14.3. The highest BCUT2D eigenvalue weighted by Gasteiger charge is 2.81. The number of carbonyl (C=O) groups is 1. The van der Waals surface area contributed by atoms with E-state index < -0.39 is 5.60 Å². The summed E-state index contributed by atoms with van der Waals surface area (Å²) in [5, 5.41) is 4.24. The van der Waals surface area contributed by atoms with Gasteiger partial charge < -0.3 is 9.26 Å². The molecule has 214 valence electrons. The molecule has 0 amide bonds. The summed E-state index contributed by atoms with van der Waals surface area (Å²) in [6.45, 7) is 19.3. The van der Waals surface area contributed by atoms with Crippen molar-refractivity contribution in [2.45, 2.75) is 143 Å². The molecule has 0 aromatic carbocycles. The first kappa shape index (κ1) is 26.5. The third-order valence-corrected chi connectivity index (χ3v) is 14.3. The van der Waals surface area contributed by atoms with Crippen molar-refractivity contribution in [1.29, 1.82) is 0 Å². The zero-order valence-electron chi connectivity index (χ0n) is 25.8. The summed E-state index contributed by atoms with van der Waals surface area (Å²) in [4.78, 5) is 15.0. The number of hydrogen-bond acceptors (Lipinski definition) is 4. The lowest BCUT2D eigenvalue weighted by Gasteiger charge is -2.70. The highest BCUT2D eigenvalue weighted by Crippen LogP contribution is 2.79. The molecule has 0 N–H and O–H groups in total. The van der Waals surface area contributed by atoms with E-state index in [0.29, 0.717) is 17.6 Å². The number of fused-ring (bicyclic) bond motifs is 5. The summed E-state index contributed by atoms with van der Waals surface area (Å²) in [7, 11) is 0. The molecule has 7 rings (SSSR count). The lowest BCUT2D eigenvalue weighted by atomic mass is 9.33. The van der Waals surface area contributed by atoms with Crippen LogP contribution in [0.3, 0.4) is 0 Å². The largest absolute Gasteiger partial charge is 0.362 e. The Bertz CT molecular complexity index is 1260. The van der Waals surface area contributed by atoms with Crippen LogP contribution in [0.2, 0.25) is 0 Å². The first-order valence-corrected chi connectivity index (χ1v) is 16.1. The molecule has 6 aliphatic rings. The van der Waals surface area contributed by atoms with Gasteiger partial charge in [0.1, 0.15) is 11.4 Å². The molecule has 4 heteroatoms. The van der Waals surface area contributed by atoms with Gasteiger partial charge in [0.25, 0.3) is 0 Å². The maximum atomic E-state index is 15.0. The number of rotatable bonds is 3. The normalized spacial score (nSPS) is 48.8. The Kier molecular flexibility index (Phi) is 5.22. The molecule has 1 unspecified atom stereocenters. The minimum absolute atomic E-state index is 0.0652. The van der Waals surface area contributed by atoms with Crippen molar-refractivity contribution in [2.75, 3.05) is 0 Å². The summed E-state index contributed by atoms with van der Waals surface area (Å²) in [6.07, 6.45) is 16.9. The highest BCUT2D eigenvalue weighted by atomic mass is 16.5. The van der Waals surface area contributed by atoms with Crippen molar-refractivity contribution < 1.29 is 14.1 Å². The summed E-state index contributed by atoms with van der Waals surface area (Å²) in [6, 6.07) is 0. The zero-order valence-corrected chi connectivity index (χ0v) is 25.8. The van der Waals surface area contributed by atoms with Crippen molar-refractivity contribution in [2.24, 2.45) is 38.9 Å². The van der Waals surface area contributed by atoms with Crippen LogP contribution in [-0.4, -0.2) is 22.6 Å². The summed E-state index contributed by atoms with van der Waals surface area (Å²) < 4.78 is 13.3. The van der Waals surface area contributed by atoms with E-state index in [-0.39, 0.29) is 38.6 Å². The minimum Gasteiger partial charge on any atom is -0.362 e. The van der Waals surface area contributed by atoms with Crippen molar-refractivity contribution in [1.82, 2.24) is 5.16 Å². The van der Waals surface area contributed by atoms with Crippen molar-refractivity contribution >= 4 is 5.78 Å². The molecule has 1 aliphatic heterocycles. The fourth-order valence-electron chi connectivity index (χ4n) is 12.2. The molecule has 0 radical (unpaired) electrons. The molecule has 1 aromatic rings. The molecule has 1 saturated heterocycles. The van der Waals surface area contributed by atoms with Crippen LogP contribution < -0.4 is 0 Å². The molecule has 2 heterocycles. The number of unbranched alkanes of at least 4 members (excludes halogenated alkanes) is 1. The molecular weight excluding hydrogens is 482 g/mol. The molecule has 2 bridgehead atoms. The van der Waals surface area contributed by atoms with Gasteiger partial charge in [-0.25, -0.2) is 0 Å². The van der Waals surface area contributed by atoms with Crippen LogP contribution in [0.1, 0.15) is 131 Å². The number of ether oxygens (including phenoxy) is 1. The van der Waals surface area contributed by atoms with E-state index in [2.05, 4.69) is 66.6 Å². The standard InChI is InChI=1S/C35H51NO3/c1-9-10-11-27-34-16-14-29(2,3)20-25(34)35(38-27)26(37)18-24-31(6)19-22-21-36-39-28(22)30(4,5)23(31)12-13-32(24,7)33(35,8)15-17-34/h18,21,23,25,27H,9-17,19-20H2,1-8H3/t23-,25?,27+,31-,32+,33-,34-,35+/m0/s1. The maximum Gasteiger partial charge on any atom is 0.188 e. The predicted octanol–water partition coefficient (Wildman–Crippen LogP) is 8.38. The quantitative estimate of drug-likeness (QED) is 0.391. The first-order valence-electron chi connectivity index (χ1n) is 16.1. The van der Waals surface area contributed by atoms with Crippen LogP contribution in [0.25, 0.3) is 0 Å². The number of ketones is 1. The highest BCUT2D eigenvalue weighted by molar-refractivity contribution is 6.01. The van der Waals surface area contributed by atoms with E-state index in [1.165, 1.54) is 43.2 Å². The number of nitrogens with zero attached hydrogens (tertiary/aromatic N) is 1. The predicted molar refractivity (Wildman–Crippen MR) is 153 cm³/mol. The number of aromatic nitrogens is 1. The molecule has 1 aromatic heterocycles. The topological polar surface area (TPSA) is 52.3 Å². The van der Waals surface area contributed by atoms with E-state index in [1.54, 1.807) is 0 Å². The molecule has 39 heavy (non-hydrogen) atoms. The van der Waals surface area contributed by atoms with E-state index in [4.69, 9.17) is 9.26 Å². The summed E-state index contributed by atoms with van der Waals surface area (Å²) in [5.41, 5.74) is 1.93. The molecule has 3 saturated carbocycles. The minimum atomic E-state index is -0.685. The third kappa shape index (κ3) is 2.86. The molecule has 4 fully saturated rings. The lowest BCUT2D eigenvalue weighted by Crippen LogP contribution is -2.71. The Morgan fingerprint density at radius 2 is 1.72 bits per heavy atom. The van der Waals surface area contributed by atoms with Crippen LogP contribution in [0.5, 0.6) is 0 Å². The van der Waals surface area contributed by atoms with Crippen molar-refractivity contribution in [3.05, 3.63) is 29.2 Å². The average Bonchev–Trinajstić information content (AvgIpc) is 3.40. The van der Waals surface area contributed by atoms with Gasteiger partial charge in [0, 0.05) is 27.7 Å². The van der Waals surface area contributed by atoms with Crippen LogP contribution in [-0.2, 0) is 21.4 Å². The lowest BCUT2D eigenvalue weighted by molar-refractivity contribution is -0.209. The second-order valence-electron chi connectivity index (χ2n) is 16.8. The maximum absolute atomic E-state index is 15.0. The molecule has 1 spiro atoms. The SMILES string of the molecule is CCCC[C@H]1O[C@]23C(=O)C=C4[C@@]5(C)Cc6cnoc6C(C)(C)[C@@H]5CC[C@@]4(C)[C@]2(C)CC[C@]12CCC(C)(C)CC23. The molecule has 8 atom stereocenters. The van der Waals surface area contributed by atoms with Gasteiger partial charge in [-0.1, -0.05) is 79.0 Å². The van der Waals surface area contributed by atoms with Gasteiger partial charge in [0.15, 0.2) is 5.78 Å². The van der Waals surface area contributed by atoms with Gasteiger partial charge in [-0.15, -0.1) is 0 Å². The number of hydrogen-bond donors (Lipinski definition) is 0. The van der Waals surface area contributed by atoms with Gasteiger partial charge in [0.05, 0.1) is 12.3 Å². The van der Waals surface area contributed by atoms with Gasteiger partial charge in [0.2, 0.25) is 0 Å². The van der Waals surface area contributed by atoms with Crippen LogP contribution in [0.4, 0.5) is 0 Å². The van der Waals surface area contributed by atoms with Gasteiger partial charge in [-0.3, -0.25) is 4.79 Å². The average molecular weight is 534 g/mol. The van der Waals surface area contributed by atoms with E-state index >= 15 is 4.79 Å². The van der Waals surface area contributed by atoms with Crippen LogP contribution in [0.15, 0.2) is 22.4 Å². The number of allylic oxidation sites excluding steroid dienone is 1.